The van der Waals surface area contributed by atoms with Gasteiger partial charge in [0, 0.05) is 26.0 Å². The van der Waals surface area contributed by atoms with E-state index in [1.165, 1.54) is 5.56 Å². The largest absolute Gasteiger partial charge is 0.318 e. The molecule has 106 valence electrons. The van der Waals surface area contributed by atoms with Crippen LogP contribution in [0.5, 0.6) is 0 Å². The normalized spacial score (nSPS) is 11.0. The van der Waals surface area contributed by atoms with Crippen LogP contribution in [-0.2, 0) is 0 Å². The molecule has 0 saturated heterocycles. The van der Waals surface area contributed by atoms with Crippen LogP contribution < -0.4 is 10.2 Å². The minimum atomic E-state index is -0.0434. The van der Waals surface area contributed by atoms with Crippen LogP contribution in [-0.4, -0.2) is 9.66 Å². The number of para-hydroxylation sites is 1. The average molecular weight is 280 g/mol. The highest BCUT2D eigenvalue weighted by atomic mass is 16.1. The van der Waals surface area contributed by atoms with E-state index in [9.17, 15) is 4.79 Å². The zero-order valence-electron chi connectivity index (χ0n) is 12.7. The van der Waals surface area contributed by atoms with Gasteiger partial charge in [0.05, 0.1) is 10.9 Å². The number of benzene rings is 1. The van der Waals surface area contributed by atoms with E-state index in [2.05, 4.69) is 24.0 Å². The van der Waals surface area contributed by atoms with Crippen LogP contribution in [0.1, 0.15) is 22.8 Å². The Balaban J connectivity index is 2.44. The van der Waals surface area contributed by atoms with Gasteiger partial charge < -0.3 is 0 Å². The first kappa shape index (κ1) is 13.5. The Morgan fingerprint density at radius 2 is 1.62 bits per heavy atom. The maximum absolute atomic E-state index is 12.8. The number of aromatic nitrogens is 3. The van der Waals surface area contributed by atoms with Gasteiger partial charge >= 0.3 is 5.56 Å². The van der Waals surface area contributed by atoms with Crippen molar-refractivity contribution in [1.82, 2.24) is 9.66 Å². The number of pyridine rings is 1. The van der Waals surface area contributed by atoms with E-state index in [0.29, 0.717) is 11.2 Å². The summed E-state index contributed by atoms with van der Waals surface area (Å²) in [5.74, 6) is 0.679. The molecule has 1 aromatic carbocycles. The molecule has 0 spiro atoms. The van der Waals surface area contributed by atoms with E-state index in [-0.39, 0.29) is 5.56 Å². The maximum atomic E-state index is 12.8. The summed E-state index contributed by atoms with van der Waals surface area (Å²) >= 11 is 0. The molecule has 0 amide bonds. The lowest BCUT2D eigenvalue weighted by molar-refractivity contribution is -0.742. The fourth-order valence-corrected chi connectivity index (χ4v) is 2.89. The molecule has 0 saturated carbocycles. The topological polar surface area (TPSA) is 38.8 Å². The Morgan fingerprint density at radius 3 is 2.29 bits per heavy atom. The van der Waals surface area contributed by atoms with Crippen molar-refractivity contribution in [3.8, 4) is 0 Å². The SMILES string of the molecule is Cc1cc(C)[n+](-n2c(C)nc3ccccc3c2=O)c(C)c1. The van der Waals surface area contributed by atoms with Gasteiger partial charge in [0.2, 0.25) is 11.4 Å². The molecule has 3 aromatic rings. The number of hydrogen-bond acceptors (Lipinski definition) is 2. The molecular weight excluding hydrogens is 262 g/mol. The van der Waals surface area contributed by atoms with Crippen LogP contribution in [0.15, 0.2) is 41.2 Å². The Labute approximate surface area is 123 Å². The third-order valence-electron chi connectivity index (χ3n) is 3.66. The first-order chi connectivity index (χ1) is 9.99. The molecule has 0 unspecified atom stereocenters. The van der Waals surface area contributed by atoms with E-state index >= 15 is 0 Å². The van der Waals surface area contributed by atoms with Crippen LogP contribution >= 0.6 is 0 Å². The molecule has 0 fully saturated rings. The van der Waals surface area contributed by atoms with Gasteiger partial charge in [-0.25, -0.2) is 4.98 Å². The maximum Gasteiger partial charge on any atom is 0.318 e. The molecule has 21 heavy (non-hydrogen) atoms. The van der Waals surface area contributed by atoms with Gasteiger partial charge in [-0.15, -0.1) is 0 Å². The Hall–Kier alpha value is -2.49. The average Bonchev–Trinajstić information content (AvgIpc) is 2.41. The fourth-order valence-electron chi connectivity index (χ4n) is 2.89. The summed E-state index contributed by atoms with van der Waals surface area (Å²) < 4.78 is 3.57. The highest BCUT2D eigenvalue weighted by molar-refractivity contribution is 5.77. The number of rotatable bonds is 1. The van der Waals surface area contributed by atoms with Crippen LogP contribution in [0.2, 0.25) is 0 Å². The standard InChI is InChI=1S/C17H18N3O/c1-11-9-12(2)19(13(3)10-11)20-14(4)18-16-8-6-5-7-15(16)17(20)21/h5-10H,1-4H3/q+1. The molecule has 3 rings (SSSR count). The van der Waals surface area contributed by atoms with E-state index in [1.54, 1.807) is 4.68 Å². The zero-order valence-corrected chi connectivity index (χ0v) is 12.7. The first-order valence-corrected chi connectivity index (χ1v) is 6.98. The fraction of sp³-hybridized carbons (Fsp3) is 0.235. The number of fused-ring (bicyclic) bond motifs is 1. The van der Waals surface area contributed by atoms with Gasteiger partial charge in [0.25, 0.3) is 0 Å². The minimum Gasteiger partial charge on any atom is -0.263 e. The summed E-state index contributed by atoms with van der Waals surface area (Å²) in [7, 11) is 0. The van der Waals surface area contributed by atoms with Crippen molar-refractivity contribution in [2.75, 3.05) is 0 Å². The van der Waals surface area contributed by atoms with Gasteiger partial charge in [-0.05, 0) is 31.5 Å². The molecule has 0 bridgehead atoms. The van der Waals surface area contributed by atoms with Crippen molar-refractivity contribution in [3.63, 3.8) is 0 Å². The van der Waals surface area contributed by atoms with Crippen molar-refractivity contribution in [3.05, 3.63) is 69.5 Å². The second kappa shape index (κ2) is 4.81. The van der Waals surface area contributed by atoms with E-state index in [0.717, 1.165) is 16.9 Å². The minimum absolute atomic E-state index is 0.0434. The molecule has 0 N–H and O–H groups in total. The zero-order chi connectivity index (χ0) is 15.1. The molecule has 0 radical (unpaired) electrons. The molecule has 0 aliphatic carbocycles. The summed E-state index contributed by atoms with van der Waals surface area (Å²) in [4.78, 5) is 17.4. The van der Waals surface area contributed by atoms with Crippen molar-refractivity contribution in [2.45, 2.75) is 27.7 Å². The molecule has 2 aromatic heterocycles. The molecule has 0 aliphatic rings. The summed E-state index contributed by atoms with van der Waals surface area (Å²) in [6, 6.07) is 11.6. The van der Waals surface area contributed by atoms with Gasteiger partial charge in [0.1, 0.15) is 0 Å². The number of nitrogens with zero attached hydrogens (tertiary/aromatic N) is 3. The molecule has 2 heterocycles. The van der Waals surface area contributed by atoms with E-state index in [4.69, 9.17) is 0 Å². The highest BCUT2D eigenvalue weighted by Gasteiger charge is 2.20. The quantitative estimate of drug-likeness (QED) is 0.641. The van der Waals surface area contributed by atoms with Crippen LogP contribution in [0, 0.1) is 27.7 Å². The number of hydrogen-bond donors (Lipinski definition) is 0. The second-order valence-corrected chi connectivity index (χ2v) is 5.42. The predicted molar refractivity (Wildman–Crippen MR) is 82.4 cm³/mol. The van der Waals surface area contributed by atoms with Crippen LogP contribution in [0.3, 0.4) is 0 Å². The molecular formula is C17H18N3O+. The third kappa shape index (κ3) is 2.13. The van der Waals surface area contributed by atoms with Gasteiger partial charge in [-0.1, -0.05) is 21.5 Å². The Morgan fingerprint density at radius 1 is 1.00 bits per heavy atom. The summed E-state index contributed by atoms with van der Waals surface area (Å²) in [5, 5.41) is 0.634. The van der Waals surface area contributed by atoms with Crippen molar-refractivity contribution in [2.24, 2.45) is 0 Å². The summed E-state index contributed by atoms with van der Waals surface area (Å²) in [6.45, 7) is 7.92. The van der Waals surface area contributed by atoms with Crippen molar-refractivity contribution >= 4 is 10.9 Å². The van der Waals surface area contributed by atoms with Crippen molar-refractivity contribution in [1.29, 1.82) is 0 Å². The summed E-state index contributed by atoms with van der Waals surface area (Å²) in [6.07, 6.45) is 0. The Bertz CT molecular complexity index is 887. The van der Waals surface area contributed by atoms with E-state index in [1.807, 2.05) is 49.7 Å². The van der Waals surface area contributed by atoms with E-state index < -0.39 is 0 Å². The monoisotopic (exact) mass is 280 g/mol. The Kier molecular flexibility index (Phi) is 3.09. The molecule has 4 nitrogen and oxygen atoms in total. The smallest absolute Gasteiger partial charge is 0.263 e. The van der Waals surface area contributed by atoms with Gasteiger partial charge in [-0.3, -0.25) is 4.79 Å². The number of aryl methyl sites for hydroxylation is 4. The lowest BCUT2D eigenvalue weighted by Crippen LogP contribution is -2.54. The lowest BCUT2D eigenvalue weighted by Gasteiger charge is -2.09. The first-order valence-electron chi connectivity index (χ1n) is 6.98. The van der Waals surface area contributed by atoms with Gasteiger partial charge in [-0.2, -0.15) is 0 Å². The van der Waals surface area contributed by atoms with Crippen LogP contribution in [0.4, 0.5) is 0 Å². The van der Waals surface area contributed by atoms with Crippen molar-refractivity contribution < 1.29 is 4.68 Å². The second-order valence-electron chi connectivity index (χ2n) is 5.42. The summed E-state index contributed by atoms with van der Waals surface area (Å²) in [5.41, 5.74) is 3.89. The third-order valence-corrected chi connectivity index (χ3v) is 3.66. The van der Waals surface area contributed by atoms with Crippen LogP contribution in [0.25, 0.3) is 10.9 Å². The molecule has 4 heteroatoms. The van der Waals surface area contributed by atoms with Gasteiger partial charge in [0.15, 0.2) is 5.82 Å². The lowest BCUT2D eigenvalue weighted by atomic mass is 10.2. The molecule has 0 atom stereocenters. The molecule has 0 aliphatic heterocycles. The predicted octanol–water partition coefficient (Wildman–Crippen LogP) is 2.23. The highest BCUT2D eigenvalue weighted by Crippen LogP contribution is 2.08.